The van der Waals surface area contributed by atoms with Crippen molar-refractivity contribution in [2.75, 3.05) is 32.7 Å². The fourth-order valence-corrected chi connectivity index (χ4v) is 3.15. The van der Waals surface area contributed by atoms with Crippen LogP contribution >= 0.6 is 0 Å². The molecule has 150 valence electrons. The molecule has 2 aromatic heterocycles. The monoisotopic (exact) mass is 385 g/mol. The van der Waals surface area contributed by atoms with Gasteiger partial charge in [-0.1, -0.05) is 20.8 Å². The van der Waals surface area contributed by atoms with Gasteiger partial charge in [-0.15, -0.1) is 0 Å². The zero-order chi connectivity index (χ0) is 20.3. The van der Waals surface area contributed by atoms with Gasteiger partial charge in [0, 0.05) is 56.5 Å². The molecule has 3 heterocycles. The SMILES string of the molecule is CC(C)(C)c1ccc(=O)n(CCN2CCN(C(=O)c3ccc(=O)[nH]c3)CC2)n1. The fraction of sp³-hybridized carbons (Fsp3) is 0.500. The van der Waals surface area contributed by atoms with Gasteiger partial charge in [0.05, 0.1) is 17.8 Å². The van der Waals surface area contributed by atoms with Crippen molar-refractivity contribution in [1.82, 2.24) is 24.6 Å². The molecule has 1 aliphatic rings. The first-order valence-corrected chi connectivity index (χ1v) is 9.53. The number of aromatic nitrogens is 3. The maximum atomic E-state index is 12.5. The summed E-state index contributed by atoms with van der Waals surface area (Å²) in [6.07, 6.45) is 1.46. The summed E-state index contributed by atoms with van der Waals surface area (Å²) >= 11 is 0. The number of rotatable bonds is 4. The summed E-state index contributed by atoms with van der Waals surface area (Å²) in [7, 11) is 0. The van der Waals surface area contributed by atoms with Crippen LogP contribution in [-0.2, 0) is 12.0 Å². The van der Waals surface area contributed by atoms with E-state index in [-0.39, 0.29) is 22.4 Å². The number of piperazine rings is 1. The Morgan fingerprint density at radius 3 is 2.36 bits per heavy atom. The Labute approximate surface area is 163 Å². The summed E-state index contributed by atoms with van der Waals surface area (Å²) in [5.74, 6) is -0.0772. The number of hydrogen-bond donors (Lipinski definition) is 1. The minimum Gasteiger partial charge on any atom is -0.336 e. The van der Waals surface area contributed by atoms with Crippen LogP contribution in [0.25, 0.3) is 0 Å². The highest BCUT2D eigenvalue weighted by atomic mass is 16.2. The molecule has 0 spiro atoms. The largest absolute Gasteiger partial charge is 0.336 e. The number of hydrogen-bond acceptors (Lipinski definition) is 5. The molecule has 0 atom stereocenters. The lowest BCUT2D eigenvalue weighted by Gasteiger charge is -2.34. The summed E-state index contributed by atoms with van der Waals surface area (Å²) in [6.45, 7) is 10.2. The molecular formula is C20H27N5O3. The van der Waals surface area contributed by atoms with Gasteiger partial charge in [-0.25, -0.2) is 4.68 Å². The normalized spacial score (nSPS) is 15.6. The van der Waals surface area contributed by atoms with Crippen molar-refractivity contribution in [2.45, 2.75) is 32.7 Å². The third-order valence-electron chi connectivity index (χ3n) is 4.95. The Morgan fingerprint density at radius 2 is 1.75 bits per heavy atom. The first kappa shape index (κ1) is 20.0. The zero-order valence-electron chi connectivity index (χ0n) is 16.6. The Balaban J connectivity index is 1.55. The van der Waals surface area contributed by atoms with Crippen molar-refractivity contribution >= 4 is 5.91 Å². The average Bonchev–Trinajstić information content (AvgIpc) is 2.67. The summed E-state index contributed by atoms with van der Waals surface area (Å²) < 4.78 is 1.53. The van der Waals surface area contributed by atoms with E-state index in [0.717, 1.165) is 18.8 Å². The van der Waals surface area contributed by atoms with Crippen molar-refractivity contribution in [2.24, 2.45) is 0 Å². The van der Waals surface area contributed by atoms with E-state index < -0.39 is 0 Å². The molecule has 8 nitrogen and oxygen atoms in total. The number of nitrogens with one attached hydrogen (secondary N) is 1. The molecule has 3 rings (SSSR count). The molecule has 28 heavy (non-hydrogen) atoms. The van der Waals surface area contributed by atoms with Crippen molar-refractivity contribution in [3.8, 4) is 0 Å². The van der Waals surface area contributed by atoms with Crippen LogP contribution in [0.2, 0.25) is 0 Å². The van der Waals surface area contributed by atoms with Crippen LogP contribution in [0.5, 0.6) is 0 Å². The third-order valence-corrected chi connectivity index (χ3v) is 4.95. The van der Waals surface area contributed by atoms with E-state index in [1.54, 1.807) is 23.1 Å². The Kier molecular flexibility index (Phi) is 5.79. The molecule has 2 aromatic rings. The lowest BCUT2D eigenvalue weighted by molar-refractivity contribution is 0.0631. The second-order valence-electron chi connectivity index (χ2n) is 8.11. The lowest BCUT2D eigenvalue weighted by Crippen LogP contribution is -2.49. The topological polar surface area (TPSA) is 91.3 Å². The molecule has 1 saturated heterocycles. The molecule has 0 aliphatic carbocycles. The highest BCUT2D eigenvalue weighted by Crippen LogP contribution is 2.18. The van der Waals surface area contributed by atoms with Gasteiger partial charge >= 0.3 is 0 Å². The second kappa shape index (κ2) is 8.10. The lowest BCUT2D eigenvalue weighted by atomic mass is 9.92. The molecular weight excluding hydrogens is 358 g/mol. The predicted molar refractivity (Wildman–Crippen MR) is 107 cm³/mol. The molecule has 8 heteroatoms. The first-order valence-electron chi connectivity index (χ1n) is 9.53. The minimum atomic E-state index is -0.222. The molecule has 0 radical (unpaired) electrons. The second-order valence-corrected chi connectivity index (χ2v) is 8.11. The van der Waals surface area contributed by atoms with Crippen LogP contribution in [0.4, 0.5) is 0 Å². The average molecular weight is 385 g/mol. The third kappa shape index (κ3) is 4.75. The van der Waals surface area contributed by atoms with Crippen LogP contribution in [0.1, 0.15) is 36.8 Å². The van der Waals surface area contributed by atoms with Crippen molar-refractivity contribution in [3.63, 3.8) is 0 Å². The molecule has 1 amide bonds. The van der Waals surface area contributed by atoms with Crippen LogP contribution in [0.15, 0.2) is 40.1 Å². The number of nitrogens with zero attached hydrogens (tertiary/aromatic N) is 4. The molecule has 0 bridgehead atoms. The van der Waals surface area contributed by atoms with E-state index in [1.165, 1.54) is 16.9 Å². The Morgan fingerprint density at radius 1 is 1.04 bits per heavy atom. The van der Waals surface area contributed by atoms with Crippen molar-refractivity contribution in [3.05, 3.63) is 62.4 Å². The summed E-state index contributed by atoms with van der Waals surface area (Å²) in [6, 6.07) is 6.28. The molecule has 1 N–H and O–H groups in total. The molecule has 0 unspecified atom stereocenters. The van der Waals surface area contributed by atoms with Gasteiger partial charge in [-0.2, -0.15) is 5.10 Å². The Hall–Kier alpha value is -2.74. The summed E-state index contributed by atoms with van der Waals surface area (Å²) in [5.41, 5.74) is 0.954. The van der Waals surface area contributed by atoms with E-state index in [9.17, 15) is 14.4 Å². The van der Waals surface area contributed by atoms with E-state index in [1.807, 2.05) is 0 Å². The maximum Gasteiger partial charge on any atom is 0.266 e. The van der Waals surface area contributed by atoms with E-state index in [0.29, 0.717) is 31.7 Å². The number of aromatic amines is 1. The van der Waals surface area contributed by atoms with Gasteiger partial charge in [0.1, 0.15) is 0 Å². The van der Waals surface area contributed by atoms with Gasteiger partial charge in [0.15, 0.2) is 0 Å². The molecule has 0 aromatic carbocycles. The summed E-state index contributed by atoms with van der Waals surface area (Å²) in [4.78, 5) is 42.3. The van der Waals surface area contributed by atoms with Gasteiger partial charge in [-0.3, -0.25) is 19.3 Å². The van der Waals surface area contributed by atoms with Crippen LogP contribution < -0.4 is 11.1 Å². The predicted octanol–water partition coefficient (Wildman–Crippen LogP) is 0.687. The number of carbonyl (C=O) groups excluding carboxylic acids is 1. The van der Waals surface area contributed by atoms with E-state index in [4.69, 9.17) is 0 Å². The highest BCUT2D eigenvalue weighted by Gasteiger charge is 2.22. The number of amides is 1. The van der Waals surface area contributed by atoms with Crippen LogP contribution in [0, 0.1) is 0 Å². The number of pyridine rings is 1. The summed E-state index contributed by atoms with van der Waals surface area (Å²) in [5, 5.41) is 4.50. The molecule has 0 saturated carbocycles. The van der Waals surface area contributed by atoms with Crippen LogP contribution in [0.3, 0.4) is 0 Å². The maximum absolute atomic E-state index is 12.5. The standard InChI is InChI=1S/C20H27N5O3/c1-20(2,3)16-5-7-18(27)25(22-16)13-10-23-8-11-24(12-9-23)19(28)15-4-6-17(26)21-14-15/h4-7,14H,8-13H2,1-3H3,(H,21,26). The quantitative estimate of drug-likeness (QED) is 0.836. The van der Waals surface area contributed by atoms with Crippen molar-refractivity contribution in [1.29, 1.82) is 0 Å². The zero-order valence-corrected chi connectivity index (χ0v) is 16.6. The van der Waals surface area contributed by atoms with E-state index in [2.05, 4.69) is 35.8 Å². The number of H-pyrrole nitrogens is 1. The highest BCUT2D eigenvalue weighted by molar-refractivity contribution is 5.93. The van der Waals surface area contributed by atoms with Crippen LogP contribution in [-0.4, -0.2) is 63.2 Å². The van der Waals surface area contributed by atoms with Gasteiger partial charge in [0.25, 0.3) is 11.5 Å². The van der Waals surface area contributed by atoms with E-state index >= 15 is 0 Å². The molecule has 1 aliphatic heterocycles. The van der Waals surface area contributed by atoms with Gasteiger partial charge in [-0.05, 0) is 12.1 Å². The number of carbonyl (C=O) groups is 1. The fourth-order valence-electron chi connectivity index (χ4n) is 3.15. The minimum absolute atomic E-state index is 0.0772. The van der Waals surface area contributed by atoms with Gasteiger partial charge in [0.2, 0.25) is 5.56 Å². The van der Waals surface area contributed by atoms with Gasteiger partial charge < -0.3 is 9.88 Å². The Bertz CT molecular complexity index is 929. The first-order chi connectivity index (χ1) is 13.2. The molecule has 1 fully saturated rings. The van der Waals surface area contributed by atoms with Crippen molar-refractivity contribution < 1.29 is 4.79 Å². The smallest absolute Gasteiger partial charge is 0.266 e.